The number of carbonyl (C=O) groups is 4. The van der Waals surface area contributed by atoms with Crippen molar-refractivity contribution in [3.8, 4) is 0 Å². The Morgan fingerprint density at radius 1 is 1.12 bits per heavy atom. The highest BCUT2D eigenvalue weighted by atomic mass is 19.4. The first-order chi connectivity index (χ1) is 15.9. The summed E-state index contributed by atoms with van der Waals surface area (Å²) in [6.45, 7) is 2.78. The zero-order valence-corrected chi connectivity index (χ0v) is 18.0. The topological polar surface area (TPSA) is 164 Å². The molecule has 0 unspecified atom stereocenters. The first-order valence-corrected chi connectivity index (χ1v) is 9.67. The number of fused-ring (bicyclic) bond motifs is 1. The van der Waals surface area contributed by atoms with Crippen LogP contribution in [0.15, 0.2) is 12.7 Å². The number of alkyl halides is 3. The number of hydrogen-bond donors (Lipinski definition) is 2. The predicted octanol–water partition coefficient (Wildman–Crippen LogP) is 0.224. The summed E-state index contributed by atoms with van der Waals surface area (Å²) >= 11 is 0. The molecule has 2 amide bonds. The van der Waals surface area contributed by atoms with Gasteiger partial charge in [-0.05, 0) is 0 Å². The summed E-state index contributed by atoms with van der Waals surface area (Å²) in [5.74, 6) is -4.33. The van der Waals surface area contributed by atoms with Crippen molar-refractivity contribution >= 4 is 40.7 Å². The van der Waals surface area contributed by atoms with Crippen molar-refractivity contribution in [3.05, 3.63) is 12.7 Å². The fraction of sp³-hybridized carbons (Fsp3) is 0.500. The van der Waals surface area contributed by atoms with E-state index in [1.807, 2.05) is 0 Å². The predicted molar refractivity (Wildman–Crippen MR) is 104 cm³/mol. The van der Waals surface area contributed by atoms with Gasteiger partial charge in [0, 0.05) is 20.8 Å². The van der Waals surface area contributed by atoms with E-state index in [4.69, 9.17) is 14.2 Å². The Kier molecular flexibility index (Phi) is 6.99. The highest BCUT2D eigenvalue weighted by Gasteiger charge is 2.52. The Labute approximate surface area is 189 Å². The molecule has 34 heavy (non-hydrogen) atoms. The molecule has 0 aromatic carbocycles. The second-order valence-corrected chi connectivity index (χ2v) is 7.17. The lowest BCUT2D eigenvalue weighted by molar-refractivity contribution is -0.176. The van der Waals surface area contributed by atoms with Gasteiger partial charge in [0.2, 0.25) is 5.91 Å². The van der Waals surface area contributed by atoms with Crippen LogP contribution in [-0.4, -0.2) is 74.3 Å². The minimum Gasteiger partial charge on any atom is -0.463 e. The van der Waals surface area contributed by atoms with Crippen LogP contribution in [0.4, 0.5) is 19.0 Å². The highest BCUT2D eigenvalue weighted by Crippen LogP contribution is 2.35. The van der Waals surface area contributed by atoms with Crippen LogP contribution in [-0.2, 0) is 33.4 Å². The smallest absolute Gasteiger partial charge is 0.463 e. The molecule has 16 heteroatoms. The molecule has 0 radical (unpaired) electrons. The Morgan fingerprint density at radius 2 is 1.82 bits per heavy atom. The molecule has 13 nitrogen and oxygen atoms in total. The third-order valence-corrected chi connectivity index (χ3v) is 4.59. The SMILES string of the molecule is CC(=O)Nc1ncnc2c1ncn2[C@H]1O[C@@H](COC(C)=O)[C@@H](NC(=O)C(F)(F)F)[C@H]1OC(C)=O. The largest absolute Gasteiger partial charge is 0.471 e. The maximum absolute atomic E-state index is 12.9. The molecule has 4 atom stereocenters. The lowest BCUT2D eigenvalue weighted by Crippen LogP contribution is -2.53. The minimum absolute atomic E-state index is 0.0525. The van der Waals surface area contributed by atoms with E-state index in [9.17, 15) is 32.3 Å². The lowest BCUT2D eigenvalue weighted by Gasteiger charge is -2.25. The van der Waals surface area contributed by atoms with Gasteiger partial charge < -0.3 is 24.8 Å². The van der Waals surface area contributed by atoms with Gasteiger partial charge in [-0.1, -0.05) is 0 Å². The maximum atomic E-state index is 12.9. The van der Waals surface area contributed by atoms with Crippen molar-refractivity contribution in [2.75, 3.05) is 11.9 Å². The summed E-state index contributed by atoms with van der Waals surface area (Å²) in [7, 11) is 0. The van der Waals surface area contributed by atoms with Gasteiger partial charge >= 0.3 is 24.0 Å². The van der Waals surface area contributed by atoms with Crippen LogP contribution in [0.5, 0.6) is 0 Å². The van der Waals surface area contributed by atoms with E-state index in [1.165, 1.54) is 17.8 Å². The van der Waals surface area contributed by atoms with Crippen LogP contribution in [0.25, 0.3) is 11.2 Å². The number of rotatable bonds is 6. The van der Waals surface area contributed by atoms with Crippen molar-refractivity contribution < 1.29 is 46.6 Å². The van der Waals surface area contributed by atoms with Crippen LogP contribution in [0, 0.1) is 0 Å². The molecule has 3 heterocycles. The minimum atomic E-state index is -5.24. The molecule has 2 aromatic rings. The van der Waals surface area contributed by atoms with Crippen molar-refractivity contribution in [1.82, 2.24) is 24.8 Å². The molecule has 0 saturated carbocycles. The number of anilines is 1. The van der Waals surface area contributed by atoms with Crippen LogP contribution in [0.3, 0.4) is 0 Å². The van der Waals surface area contributed by atoms with Gasteiger partial charge in [0.05, 0.1) is 6.33 Å². The third kappa shape index (κ3) is 5.38. The monoisotopic (exact) mass is 488 g/mol. The molecule has 1 fully saturated rings. The van der Waals surface area contributed by atoms with Gasteiger partial charge in [-0.2, -0.15) is 13.2 Å². The molecular weight excluding hydrogens is 469 g/mol. The van der Waals surface area contributed by atoms with Crippen molar-refractivity contribution in [2.24, 2.45) is 0 Å². The number of amides is 2. The Balaban J connectivity index is 2.04. The first kappa shape index (κ1) is 24.8. The molecule has 0 bridgehead atoms. The highest BCUT2D eigenvalue weighted by molar-refractivity contribution is 5.95. The number of aromatic nitrogens is 4. The Morgan fingerprint density at radius 3 is 2.41 bits per heavy atom. The van der Waals surface area contributed by atoms with E-state index < -0.39 is 61.0 Å². The summed E-state index contributed by atoms with van der Waals surface area (Å²) < 4.78 is 55.9. The molecule has 1 saturated heterocycles. The average Bonchev–Trinajstić information content (AvgIpc) is 3.27. The number of nitrogens with zero attached hydrogens (tertiary/aromatic N) is 4. The zero-order chi connectivity index (χ0) is 25.2. The number of hydrogen-bond acceptors (Lipinski definition) is 10. The quantitative estimate of drug-likeness (QED) is 0.538. The molecule has 0 aliphatic carbocycles. The number of carbonyl (C=O) groups excluding carboxylic acids is 4. The fourth-order valence-electron chi connectivity index (χ4n) is 3.32. The van der Waals surface area contributed by atoms with Gasteiger partial charge in [0.15, 0.2) is 29.3 Å². The molecule has 184 valence electrons. The normalized spacial score (nSPS) is 22.3. The molecule has 2 N–H and O–H groups in total. The van der Waals surface area contributed by atoms with Crippen LogP contribution >= 0.6 is 0 Å². The maximum Gasteiger partial charge on any atom is 0.471 e. The van der Waals surface area contributed by atoms with Crippen molar-refractivity contribution in [2.45, 2.75) is 51.4 Å². The summed E-state index contributed by atoms with van der Waals surface area (Å²) in [6.07, 6.45) is -7.14. The molecule has 1 aliphatic rings. The van der Waals surface area contributed by atoms with Gasteiger partial charge in [-0.25, -0.2) is 15.0 Å². The fourth-order valence-corrected chi connectivity index (χ4v) is 3.32. The molecule has 3 rings (SSSR count). The second kappa shape index (κ2) is 9.58. The van der Waals surface area contributed by atoms with E-state index in [1.54, 1.807) is 5.32 Å². The van der Waals surface area contributed by atoms with E-state index >= 15 is 0 Å². The van der Waals surface area contributed by atoms with Crippen LogP contribution in [0.2, 0.25) is 0 Å². The number of halogens is 3. The summed E-state index contributed by atoms with van der Waals surface area (Å²) in [6, 6.07) is -1.56. The molecule has 2 aromatic heterocycles. The third-order valence-electron chi connectivity index (χ3n) is 4.59. The van der Waals surface area contributed by atoms with Crippen LogP contribution < -0.4 is 10.6 Å². The van der Waals surface area contributed by atoms with Crippen LogP contribution in [0.1, 0.15) is 27.0 Å². The van der Waals surface area contributed by atoms with Gasteiger partial charge in [0.25, 0.3) is 0 Å². The van der Waals surface area contributed by atoms with E-state index in [0.29, 0.717) is 0 Å². The van der Waals surface area contributed by atoms with Gasteiger partial charge in [0.1, 0.15) is 25.1 Å². The van der Waals surface area contributed by atoms with E-state index in [-0.39, 0.29) is 17.0 Å². The van der Waals surface area contributed by atoms with Crippen molar-refractivity contribution in [1.29, 1.82) is 0 Å². The van der Waals surface area contributed by atoms with E-state index in [0.717, 1.165) is 20.2 Å². The van der Waals surface area contributed by atoms with Crippen molar-refractivity contribution in [3.63, 3.8) is 0 Å². The summed E-state index contributed by atoms with van der Waals surface area (Å²) in [5, 5.41) is 4.20. The number of imidazole rings is 1. The number of ether oxygens (including phenoxy) is 3. The first-order valence-electron chi connectivity index (χ1n) is 9.67. The molecule has 1 aliphatic heterocycles. The van der Waals surface area contributed by atoms with Gasteiger partial charge in [-0.3, -0.25) is 23.7 Å². The summed E-state index contributed by atoms with van der Waals surface area (Å²) in [5.41, 5.74) is 0.192. The van der Waals surface area contributed by atoms with E-state index in [2.05, 4.69) is 20.3 Å². The number of nitrogens with one attached hydrogen (secondary N) is 2. The second-order valence-electron chi connectivity index (χ2n) is 7.17. The van der Waals surface area contributed by atoms with Gasteiger partial charge in [-0.15, -0.1) is 0 Å². The zero-order valence-electron chi connectivity index (χ0n) is 18.0. The Hall–Kier alpha value is -3.82. The molecular formula is C18H19F3N6O7. The summed E-state index contributed by atoms with van der Waals surface area (Å²) in [4.78, 5) is 58.2. The molecule has 0 spiro atoms. The number of esters is 2. The Bertz CT molecular complexity index is 1120. The lowest BCUT2D eigenvalue weighted by atomic mass is 10.1. The average molecular weight is 488 g/mol. The standard InChI is InChI=1S/C18H19F3N6O7/c1-7(28)25-14-12-15(23-5-22-14)27(6-24-12)16-13(33-9(3)30)11(26-17(31)18(19,20)21)10(34-16)4-32-8(2)29/h5-6,10-11,13,16H,4H2,1-3H3,(H,26,31)(H,22,23,25,28)/t10-,11+,13+,16-/m0/s1.